The van der Waals surface area contributed by atoms with Crippen LogP contribution in [0.25, 0.3) is 0 Å². The minimum absolute atomic E-state index is 0.0913. The molecule has 0 fully saturated rings. The molecule has 0 saturated heterocycles. The third-order valence-electron chi connectivity index (χ3n) is 8.75. The first kappa shape index (κ1) is 42.1. The fourth-order valence-electron chi connectivity index (χ4n) is 4.47. The molecule has 0 heterocycles. The number of carbonyl (C=O) groups excluding carboxylic acids is 1. The maximum Gasteiger partial charge on any atom is 0.474 e. The zero-order chi connectivity index (χ0) is 36.8. The van der Waals surface area contributed by atoms with Crippen LogP contribution in [-0.4, -0.2) is 54.0 Å². The molecule has 3 aromatic carbocycles. The molecule has 0 saturated carbocycles. The molecule has 276 valence electrons. The van der Waals surface area contributed by atoms with E-state index in [0.29, 0.717) is 24.5 Å². The number of amides is 1. The fraction of sp³-hybridized carbons (Fsp3) is 0.486. The van der Waals surface area contributed by atoms with Crippen LogP contribution in [0.1, 0.15) is 58.1 Å². The van der Waals surface area contributed by atoms with Gasteiger partial charge in [0.05, 0.1) is 25.4 Å². The van der Waals surface area contributed by atoms with Crippen LogP contribution in [0.15, 0.2) is 82.6 Å². The molecule has 13 heteroatoms. The van der Waals surface area contributed by atoms with E-state index in [0.717, 1.165) is 39.5 Å². The number of hydrogen-bond acceptors (Lipinski definition) is 9. The molecule has 0 radical (unpaired) electrons. The van der Waals surface area contributed by atoms with Crippen molar-refractivity contribution in [2.24, 2.45) is 0 Å². The molecule has 0 aliphatic heterocycles. The molecule has 0 aliphatic rings. The lowest BCUT2D eigenvalue weighted by molar-refractivity contribution is 0.0605. The van der Waals surface area contributed by atoms with Crippen molar-refractivity contribution in [2.45, 2.75) is 93.4 Å². The summed E-state index contributed by atoms with van der Waals surface area (Å²) in [5, 5.41) is 3.50. The number of phosphoric acid groups is 1. The maximum absolute atomic E-state index is 13.1. The molecule has 0 bridgehead atoms. The van der Waals surface area contributed by atoms with Gasteiger partial charge in [-0.2, -0.15) is 0 Å². The highest BCUT2D eigenvalue weighted by Crippen LogP contribution is 2.48. The van der Waals surface area contributed by atoms with Gasteiger partial charge in [-0.3, -0.25) is 13.6 Å². The van der Waals surface area contributed by atoms with Crippen LogP contribution in [0, 0.1) is 0 Å². The molecule has 1 atom stereocenters. The second kappa shape index (κ2) is 19.5. The Kier molecular flexibility index (Phi) is 16.4. The normalized spacial score (nSPS) is 13.5. The van der Waals surface area contributed by atoms with Gasteiger partial charge in [-0.15, -0.1) is 0 Å². The highest BCUT2D eigenvalue weighted by molar-refractivity contribution is 7.99. The van der Waals surface area contributed by atoms with Crippen molar-refractivity contribution in [3.63, 3.8) is 0 Å². The second-order valence-corrected chi connectivity index (χ2v) is 21.9. The van der Waals surface area contributed by atoms with Crippen molar-refractivity contribution in [1.29, 1.82) is 0 Å². The smallest absolute Gasteiger partial charge is 0.474 e. The van der Waals surface area contributed by atoms with Gasteiger partial charge >= 0.3 is 13.9 Å². The Labute approximate surface area is 308 Å². The van der Waals surface area contributed by atoms with Gasteiger partial charge in [-0.05, 0) is 78.9 Å². The molecular formula is C37H53ClNO8PSSi. The number of nitrogens with one attached hydrogen (secondary N) is 1. The van der Waals surface area contributed by atoms with E-state index >= 15 is 0 Å². The van der Waals surface area contributed by atoms with Crippen LogP contribution in [0.4, 0.5) is 4.79 Å². The summed E-state index contributed by atoms with van der Waals surface area (Å²) in [4.78, 5) is 15.1. The number of halogens is 1. The van der Waals surface area contributed by atoms with E-state index in [1.54, 1.807) is 11.8 Å². The third-order valence-corrected chi connectivity index (χ3v) is 15.9. The maximum atomic E-state index is 13.1. The van der Waals surface area contributed by atoms with E-state index in [9.17, 15) is 9.36 Å². The average molecular weight is 766 g/mol. The summed E-state index contributed by atoms with van der Waals surface area (Å²) >= 11 is 8.46. The SMILES string of the molecule is CCCCOC(=O)NC(CCc1ccc(Sc2cccc(OCc3ccccc3)c2)cc1Cl)(CO[Si](C)(C)C(C)(C)C)COP(=O)(OC)OC. The molecule has 0 spiro atoms. The van der Waals surface area contributed by atoms with E-state index in [4.69, 9.17) is 39.1 Å². The number of carbonyl (C=O) groups is 1. The summed E-state index contributed by atoms with van der Waals surface area (Å²) < 4.78 is 47.0. The first-order valence-corrected chi connectivity index (χ1v) is 22.4. The average Bonchev–Trinajstić information content (AvgIpc) is 3.08. The van der Waals surface area contributed by atoms with Crippen molar-refractivity contribution < 1.29 is 36.8 Å². The number of rotatable bonds is 20. The number of phosphoric ester groups is 1. The summed E-state index contributed by atoms with van der Waals surface area (Å²) in [5.41, 5.74) is 0.822. The largest absolute Gasteiger partial charge is 0.489 e. The number of benzene rings is 3. The molecule has 0 aliphatic carbocycles. The van der Waals surface area contributed by atoms with E-state index in [1.165, 1.54) is 14.2 Å². The Bertz CT molecular complexity index is 1550. The molecule has 3 aromatic rings. The van der Waals surface area contributed by atoms with Crippen molar-refractivity contribution >= 4 is 45.6 Å². The Balaban J connectivity index is 1.82. The van der Waals surface area contributed by atoms with Gasteiger partial charge in [-0.25, -0.2) is 9.36 Å². The van der Waals surface area contributed by atoms with Crippen LogP contribution in [0.5, 0.6) is 5.75 Å². The van der Waals surface area contributed by atoms with Gasteiger partial charge in [-0.1, -0.05) is 99.9 Å². The summed E-state index contributed by atoms with van der Waals surface area (Å²) in [6.07, 6.45) is 1.78. The molecule has 0 aromatic heterocycles. The molecule has 1 amide bonds. The highest BCUT2D eigenvalue weighted by atomic mass is 35.5. The molecule has 3 rings (SSSR count). The summed E-state index contributed by atoms with van der Waals surface area (Å²) in [6, 6.07) is 23.9. The lowest BCUT2D eigenvalue weighted by Crippen LogP contribution is -2.58. The molecule has 1 unspecified atom stereocenters. The highest BCUT2D eigenvalue weighted by Gasteiger charge is 2.43. The van der Waals surface area contributed by atoms with Crippen LogP contribution in [0.3, 0.4) is 0 Å². The Hall–Kier alpha value is -2.34. The van der Waals surface area contributed by atoms with Crippen LogP contribution in [0.2, 0.25) is 23.2 Å². The predicted molar refractivity (Wildman–Crippen MR) is 204 cm³/mol. The first-order valence-electron chi connectivity index (χ1n) is 16.8. The Morgan fingerprint density at radius 3 is 2.28 bits per heavy atom. The summed E-state index contributed by atoms with van der Waals surface area (Å²) in [5.74, 6) is 0.785. The molecule has 9 nitrogen and oxygen atoms in total. The van der Waals surface area contributed by atoms with Gasteiger partial charge in [0.1, 0.15) is 12.4 Å². The number of ether oxygens (including phenoxy) is 2. The van der Waals surface area contributed by atoms with Crippen molar-refractivity contribution in [1.82, 2.24) is 5.32 Å². The lowest BCUT2D eigenvalue weighted by Gasteiger charge is -2.41. The molecule has 50 heavy (non-hydrogen) atoms. The Morgan fingerprint density at radius 1 is 0.940 bits per heavy atom. The van der Waals surface area contributed by atoms with Gasteiger partial charge in [0.25, 0.3) is 0 Å². The van der Waals surface area contributed by atoms with Crippen molar-refractivity contribution in [3.8, 4) is 5.75 Å². The zero-order valence-corrected chi connectivity index (χ0v) is 34.1. The number of unbranched alkanes of at least 4 members (excludes halogenated alkanes) is 1. The number of aryl methyl sites for hydroxylation is 1. The van der Waals surface area contributed by atoms with E-state index in [2.05, 4.69) is 39.2 Å². The van der Waals surface area contributed by atoms with Crippen LogP contribution in [-0.2, 0) is 40.3 Å². The standard InChI is InChI=1S/C37H53ClNO8PSSi/c1-9-10-23-44-35(40)39-37(27-46-48(41,42-5)43-6,28-47-50(7,8)36(2,3)4)22-21-30-19-20-33(25-34(30)38)49-32-18-14-17-31(24-32)45-26-29-15-12-11-13-16-29/h11-20,24-25H,9-10,21-23,26-28H2,1-8H3,(H,39,40). The molecule has 1 N–H and O–H groups in total. The van der Waals surface area contributed by atoms with Gasteiger partial charge in [0, 0.05) is 29.0 Å². The van der Waals surface area contributed by atoms with Gasteiger partial charge in [0.2, 0.25) is 0 Å². The van der Waals surface area contributed by atoms with E-state index in [-0.39, 0.29) is 24.9 Å². The van der Waals surface area contributed by atoms with Crippen molar-refractivity contribution in [2.75, 3.05) is 34.0 Å². The number of alkyl carbamates (subject to hydrolysis) is 1. The van der Waals surface area contributed by atoms with Gasteiger partial charge < -0.3 is 19.2 Å². The summed E-state index contributed by atoms with van der Waals surface area (Å²) in [6.45, 7) is 13.3. The first-order chi connectivity index (χ1) is 23.6. The fourth-order valence-corrected chi connectivity index (χ4v) is 7.55. The van der Waals surface area contributed by atoms with E-state index < -0.39 is 27.8 Å². The van der Waals surface area contributed by atoms with Crippen LogP contribution >= 0.6 is 31.2 Å². The zero-order valence-electron chi connectivity index (χ0n) is 30.6. The Morgan fingerprint density at radius 2 is 1.64 bits per heavy atom. The predicted octanol–water partition coefficient (Wildman–Crippen LogP) is 10.7. The molecular weight excluding hydrogens is 713 g/mol. The minimum Gasteiger partial charge on any atom is -0.489 e. The second-order valence-electron chi connectivity index (χ2n) is 13.6. The topological polar surface area (TPSA) is 102 Å². The third kappa shape index (κ3) is 13.3. The van der Waals surface area contributed by atoms with E-state index in [1.807, 2.05) is 79.7 Å². The quantitative estimate of drug-likeness (QED) is 0.0684. The van der Waals surface area contributed by atoms with Crippen molar-refractivity contribution in [3.05, 3.63) is 88.9 Å². The van der Waals surface area contributed by atoms with Gasteiger partial charge in [0.15, 0.2) is 8.32 Å². The number of hydrogen-bond donors (Lipinski definition) is 1. The minimum atomic E-state index is -3.89. The lowest BCUT2D eigenvalue weighted by atomic mass is 9.93. The summed E-state index contributed by atoms with van der Waals surface area (Å²) in [7, 11) is -3.69. The van der Waals surface area contributed by atoms with Crippen LogP contribution < -0.4 is 10.1 Å². The monoisotopic (exact) mass is 765 g/mol.